The predicted octanol–water partition coefficient (Wildman–Crippen LogP) is 2.11. The molecule has 0 spiro atoms. The van der Waals surface area contributed by atoms with E-state index in [0.29, 0.717) is 5.92 Å². The van der Waals surface area contributed by atoms with E-state index in [4.69, 9.17) is 4.74 Å². The molecule has 88 valence electrons. The number of esters is 1. The molecule has 1 saturated carbocycles. The Morgan fingerprint density at radius 3 is 2.47 bits per heavy atom. The quantitative estimate of drug-likeness (QED) is 0.730. The van der Waals surface area contributed by atoms with Gasteiger partial charge in [0.1, 0.15) is 11.6 Å². The second kappa shape index (κ2) is 4.97. The molecular formula is C12H23NO2. The first kappa shape index (κ1) is 12.5. The summed E-state index contributed by atoms with van der Waals surface area (Å²) < 4.78 is 5.56. The number of hydrogen-bond acceptors (Lipinski definition) is 3. The van der Waals surface area contributed by atoms with Gasteiger partial charge >= 0.3 is 5.97 Å². The lowest BCUT2D eigenvalue weighted by molar-refractivity contribution is -0.159. The summed E-state index contributed by atoms with van der Waals surface area (Å²) in [6.45, 7) is 5.87. The summed E-state index contributed by atoms with van der Waals surface area (Å²) >= 11 is 0. The summed E-state index contributed by atoms with van der Waals surface area (Å²) in [5.41, 5.74) is -0.572. The third-order valence-electron chi connectivity index (χ3n) is 3.43. The zero-order valence-corrected chi connectivity index (χ0v) is 10.3. The molecule has 3 heteroatoms. The van der Waals surface area contributed by atoms with Gasteiger partial charge < -0.3 is 10.1 Å². The van der Waals surface area contributed by atoms with Crippen molar-refractivity contribution in [3.8, 4) is 0 Å². The predicted molar refractivity (Wildman–Crippen MR) is 60.7 cm³/mol. The van der Waals surface area contributed by atoms with Crippen LogP contribution in [0.5, 0.6) is 0 Å². The Hall–Kier alpha value is -0.570. The van der Waals surface area contributed by atoms with Crippen LogP contribution in [0.4, 0.5) is 0 Å². The summed E-state index contributed by atoms with van der Waals surface area (Å²) in [6.07, 6.45) is 4.77. The minimum atomic E-state index is -0.572. The average molecular weight is 213 g/mol. The maximum Gasteiger partial charge on any atom is 0.326 e. The molecule has 0 aliphatic heterocycles. The van der Waals surface area contributed by atoms with Gasteiger partial charge in [0.15, 0.2) is 0 Å². The molecule has 0 amide bonds. The summed E-state index contributed by atoms with van der Waals surface area (Å²) in [7, 11) is 1.78. The molecule has 1 fully saturated rings. The van der Waals surface area contributed by atoms with E-state index in [1.165, 1.54) is 19.3 Å². The van der Waals surface area contributed by atoms with Gasteiger partial charge in [0.25, 0.3) is 0 Å². The van der Waals surface area contributed by atoms with Crippen LogP contribution < -0.4 is 5.32 Å². The van der Waals surface area contributed by atoms with Crippen LogP contribution in [0.25, 0.3) is 0 Å². The van der Waals surface area contributed by atoms with E-state index in [1.807, 2.05) is 13.8 Å². The molecule has 0 aromatic rings. The van der Waals surface area contributed by atoms with Gasteiger partial charge in [0, 0.05) is 0 Å². The second-order valence-corrected chi connectivity index (χ2v) is 5.08. The molecule has 15 heavy (non-hydrogen) atoms. The van der Waals surface area contributed by atoms with Crippen LogP contribution in [-0.4, -0.2) is 24.7 Å². The number of carbonyl (C=O) groups excluding carboxylic acids is 1. The van der Waals surface area contributed by atoms with Gasteiger partial charge in [0.05, 0.1) is 0 Å². The van der Waals surface area contributed by atoms with Crippen LogP contribution in [0.3, 0.4) is 0 Å². The van der Waals surface area contributed by atoms with Crippen molar-refractivity contribution in [3.63, 3.8) is 0 Å². The largest absolute Gasteiger partial charge is 0.461 e. The fourth-order valence-electron chi connectivity index (χ4n) is 1.84. The van der Waals surface area contributed by atoms with Crippen molar-refractivity contribution < 1.29 is 9.53 Å². The SMILES string of the molecule is CNC(C)(C)C(=O)OC1CCCCC1C. The monoisotopic (exact) mass is 213 g/mol. The lowest BCUT2D eigenvalue weighted by atomic mass is 9.88. The van der Waals surface area contributed by atoms with Crippen molar-refractivity contribution in [2.75, 3.05) is 7.05 Å². The van der Waals surface area contributed by atoms with Crippen molar-refractivity contribution in [2.24, 2.45) is 5.92 Å². The highest BCUT2D eigenvalue weighted by atomic mass is 16.5. The van der Waals surface area contributed by atoms with Gasteiger partial charge in [0.2, 0.25) is 0 Å². The van der Waals surface area contributed by atoms with E-state index in [9.17, 15) is 4.79 Å². The molecule has 0 radical (unpaired) electrons. The minimum absolute atomic E-state index is 0.124. The number of nitrogens with one attached hydrogen (secondary N) is 1. The highest BCUT2D eigenvalue weighted by molar-refractivity contribution is 5.79. The van der Waals surface area contributed by atoms with Gasteiger partial charge in [-0.2, -0.15) is 0 Å². The van der Waals surface area contributed by atoms with Crippen LogP contribution in [-0.2, 0) is 9.53 Å². The smallest absolute Gasteiger partial charge is 0.326 e. The molecule has 2 unspecified atom stereocenters. The zero-order chi connectivity index (χ0) is 11.5. The lowest BCUT2D eigenvalue weighted by Crippen LogP contribution is -2.47. The van der Waals surface area contributed by atoms with E-state index < -0.39 is 5.54 Å². The Kier molecular flexibility index (Phi) is 4.14. The number of likely N-dealkylation sites (N-methyl/N-ethyl adjacent to an activating group) is 1. The maximum absolute atomic E-state index is 11.8. The molecule has 1 aliphatic carbocycles. The Morgan fingerprint density at radius 1 is 1.33 bits per heavy atom. The first-order valence-electron chi connectivity index (χ1n) is 5.87. The Morgan fingerprint density at radius 2 is 1.93 bits per heavy atom. The number of hydrogen-bond donors (Lipinski definition) is 1. The molecule has 3 nitrogen and oxygen atoms in total. The van der Waals surface area contributed by atoms with Crippen LogP contribution in [0, 0.1) is 5.92 Å². The lowest BCUT2D eigenvalue weighted by Gasteiger charge is -2.31. The molecule has 1 aliphatic rings. The normalized spacial score (nSPS) is 27.5. The van der Waals surface area contributed by atoms with Crippen LogP contribution in [0.15, 0.2) is 0 Å². The van der Waals surface area contributed by atoms with E-state index >= 15 is 0 Å². The van der Waals surface area contributed by atoms with Gasteiger partial charge in [-0.25, -0.2) is 0 Å². The maximum atomic E-state index is 11.8. The molecule has 0 aromatic carbocycles. The highest BCUT2D eigenvalue weighted by Gasteiger charge is 2.32. The van der Waals surface area contributed by atoms with E-state index in [1.54, 1.807) is 7.05 Å². The first-order chi connectivity index (χ1) is 6.97. The van der Waals surface area contributed by atoms with Gasteiger partial charge in [-0.3, -0.25) is 4.79 Å². The van der Waals surface area contributed by atoms with Crippen molar-refractivity contribution in [1.29, 1.82) is 0 Å². The topological polar surface area (TPSA) is 38.3 Å². The molecule has 0 aromatic heterocycles. The van der Waals surface area contributed by atoms with Gasteiger partial charge in [-0.05, 0) is 46.1 Å². The van der Waals surface area contributed by atoms with E-state index in [0.717, 1.165) is 6.42 Å². The van der Waals surface area contributed by atoms with Crippen LogP contribution in [0.1, 0.15) is 46.5 Å². The third kappa shape index (κ3) is 3.20. The summed E-state index contributed by atoms with van der Waals surface area (Å²) in [5, 5.41) is 2.97. The Labute approximate surface area is 92.6 Å². The average Bonchev–Trinajstić information content (AvgIpc) is 2.21. The van der Waals surface area contributed by atoms with Gasteiger partial charge in [-0.1, -0.05) is 13.3 Å². The Bertz CT molecular complexity index is 226. The molecule has 1 rings (SSSR count). The number of rotatable bonds is 3. The zero-order valence-electron chi connectivity index (χ0n) is 10.3. The van der Waals surface area contributed by atoms with Crippen molar-refractivity contribution in [2.45, 2.75) is 58.1 Å². The number of carbonyl (C=O) groups is 1. The fraction of sp³-hybridized carbons (Fsp3) is 0.917. The Balaban J connectivity index is 2.50. The first-order valence-corrected chi connectivity index (χ1v) is 5.87. The van der Waals surface area contributed by atoms with Crippen LogP contribution >= 0.6 is 0 Å². The summed E-state index contributed by atoms with van der Waals surface area (Å²) in [4.78, 5) is 11.8. The molecule has 2 atom stereocenters. The molecule has 0 bridgehead atoms. The molecule has 1 N–H and O–H groups in total. The van der Waals surface area contributed by atoms with Crippen LogP contribution in [0.2, 0.25) is 0 Å². The highest BCUT2D eigenvalue weighted by Crippen LogP contribution is 2.27. The second-order valence-electron chi connectivity index (χ2n) is 5.08. The van der Waals surface area contributed by atoms with E-state index in [2.05, 4.69) is 12.2 Å². The number of ether oxygens (including phenoxy) is 1. The minimum Gasteiger partial charge on any atom is -0.461 e. The van der Waals surface area contributed by atoms with Crippen molar-refractivity contribution >= 4 is 5.97 Å². The van der Waals surface area contributed by atoms with E-state index in [-0.39, 0.29) is 12.1 Å². The molecule has 0 heterocycles. The molecular weight excluding hydrogens is 190 g/mol. The third-order valence-corrected chi connectivity index (χ3v) is 3.43. The van der Waals surface area contributed by atoms with Crippen molar-refractivity contribution in [1.82, 2.24) is 5.32 Å². The fourth-order valence-corrected chi connectivity index (χ4v) is 1.84. The van der Waals surface area contributed by atoms with Gasteiger partial charge in [-0.15, -0.1) is 0 Å². The molecule has 0 saturated heterocycles. The standard InChI is InChI=1S/C12H23NO2/c1-9-7-5-6-8-10(9)15-11(14)12(2,3)13-4/h9-10,13H,5-8H2,1-4H3. The summed E-state index contributed by atoms with van der Waals surface area (Å²) in [6, 6.07) is 0. The summed E-state index contributed by atoms with van der Waals surface area (Å²) in [5.74, 6) is 0.374. The van der Waals surface area contributed by atoms with Crippen molar-refractivity contribution in [3.05, 3.63) is 0 Å².